The maximum atomic E-state index is 12.6. The second kappa shape index (κ2) is 6.28. The molecule has 0 atom stereocenters. The third kappa shape index (κ3) is 3.14. The number of carbonyl (C=O) groups is 1. The molecule has 3 rings (SSSR count). The summed E-state index contributed by atoms with van der Waals surface area (Å²) in [6.07, 6.45) is 1.43. The number of carbonyl (C=O) groups excluding carboxylic acids is 1. The molecule has 0 aliphatic rings. The topological polar surface area (TPSA) is 54.9 Å². The number of aromatic nitrogens is 2. The normalized spacial score (nSPS) is 10.5. The molecular weight excluding hydrogens is 282 g/mol. The number of nitrogens with one attached hydrogen (secondary N) is 1. The first kappa shape index (κ1) is 13.5. The van der Waals surface area contributed by atoms with E-state index < -0.39 is 0 Å². The molecule has 21 heavy (non-hydrogen) atoms. The van der Waals surface area contributed by atoms with E-state index in [9.17, 15) is 4.79 Å². The minimum atomic E-state index is -0.365. The fourth-order valence-corrected chi connectivity index (χ4v) is 2.63. The third-order valence-corrected chi connectivity index (χ3v) is 3.70. The number of hydrogen-bond donors (Lipinski definition) is 1. The zero-order valence-electron chi connectivity index (χ0n) is 11.1. The number of benzene rings is 2. The van der Waals surface area contributed by atoms with Gasteiger partial charge in [0.05, 0.1) is 5.92 Å². The molecule has 3 aromatic rings. The summed E-state index contributed by atoms with van der Waals surface area (Å²) in [6, 6.07) is 19.4. The standard InChI is InChI=1S/C16H13N3OS/c20-15(19-16-17-11-18-21-16)14(12-7-3-1-4-8-12)13-9-5-2-6-10-13/h1-11,14H,(H,17,18,19,20). The molecule has 1 heterocycles. The lowest BCUT2D eigenvalue weighted by molar-refractivity contribution is -0.116. The van der Waals surface area contributed by atoms with Gasteiger partial charge in [0, 0.05) is 11.5 Å². The van der Waals surface area contributed by atoms with Crippen LogP contribution in [-0.2, 0) is 4.79 Å². The Morgan fingerprint density at radius 2 is 1.52 bits per heavy atom. The van der Waals surface area contributed by atoms with Crippen LogP contribution >= 0.6 is 11.5 Å². The monoisotopic (exact) mass is 295 g/mol. The molecule has 5 heteroatoms. The Morgan fingerprint density at radius 1 is 0.952 bits per heavy atom. The van der Waals surface area contributed by atoms with Crippen LogP contribution in [0, 0.1) is 0 Å². The summed E-state index contributed by atoms with van der Waals surface area (Å²) in [5.41, 5.74) is 1.90. The number of nitrogens with zero attached hydrogens (tertiary/aromatic N) is 2. The summed E-state index contributed by atoms with van der Waals surface area (Å²) in [5.74, 6) is -0.472. The van der Waals surface area contributed by atoms with Crippen molar-refractivity contribution in [3.8, 4) is 0 Å². The van der Waals surface area contributed by atoms with Crippen LogP contribution < -0.4 is 5.32 Å². The second-order valence-corrected chi connectivity index (χ2v) is 5.27. The highest BCUT2D eigenvalue weighted by molar-refractivity contribution is 7.09. The summed E-state index contributed by atoms with van der Waals surface area (Å²) < 4.78 is 3.90. The van der Waals surface area contributed by atoms with E-state index in [1.807, 2.05) is 60.7 Å². The van der Waals surface area contributed by atoms with E-state index in [2.05, 4.69) is 14.7 Å². The maximum absolute atomic E-state index is 12.6. The molecule has 4 nitrogen and oxygen atoms in total. The Balaban J connectivity index is 1.95. The summed E-state index contributed by atoms with van der Waals surface area (Å²) in [7, 11) is 0. The minimum Gasteiger partial charge on any atom is -0.300 e. The molecule has 1 aromatic heterocycles. The largest absolute Gasteiger partial charge is 0.300 e. The molecule has 0 fully saturated rings. The molecule has 0 saturated carbocycles. The first-order valence-corrected chi connectivity index (χ1v) is 7.29. The highest BCUT2D eigenvalue weighted by atomic mass is 32.1. The van der Waals surface area contributed by atoms with Crippen molar-refractivity contribution in [1.29, 1.82) is 0 Å². The van der Waals surface area contributed by atoms with Crippen LogP contribution in [0.5, 0.6) is 0 Å². The van der Waals surface area contributed by atoms with Crippen LogP contribution in [-0.4, -0.2) is 15.3 Å². The predicted octanol–water partition coefficient (Wildman–Crippen LogP) is 3.31. The molecule has 0 radical (unpaired) electrons. The summed E-state index contributed by atoms with van der Waals surface area (Å²) in [5, 5.41) is 3.34. The molecule has 0 bridgehead atoms. The molecule has 1 amide bonds. The molecule has 0 aliphatic heterocycles. The second-order valence-electron chi connectivity index (χ2n) is 4.49. The number of amides is 1. The molecule has 0 unspecified atom stereocenters. The van der Waals surface area contributed by atoms with Crippen molar-refractivity contribution in [2.24, 2.45) is 0 Å². The Morgan fingerprint density at radius 3 is 2.00 bits per heavy atom. The first-order valence-electron chi connectivity index (χ1n) is 6.52. The van der Waals surface area contributed by atoms with E-state index in [4.69, 9.17) is 0 Å². The number of anilines is 1. The van der Waals surface area contributed by atoms with Crippen LogP contribution in [0.25, 0.3) is 0 Å². The molecule has 0 saturated heterocycles. The van der Waals surface area contributed by atoms with Crippen molar-refractivity contribution in [2.45, 2.75) is 5.92 Å². The van der Waals surface area contributed by atoms with Gasteiger partial charge in [0.1, 0.15) is 6.33 Å². The van der Waals surface area contributed by atoms with Crippen molar-refractivity contribution >= 4 is 22.6 Å². The molecule has 0 spiro atoms. The van der Waals surface area contributed by atoms with Gasteiger partial charge in [0.25, 0.3) is 0 Å². The lowest BCUT2D eigenvalue weighted by Gasteiger charge is -2.16. The minimum absolute atomic E-state index is 0.107. The number of hydrogen-bond acceptors (Lipinski definition) is 4. The average Bonchev–Trinajstić information content (AvgIpc) is 3.02. The molecule has 104 valence electrons. The van der Waals surface area contributed by atoms with Crippen LogP contribution in [0.4, 0.5) is 5.13 Å². The highest BCUT2D eigenvalue weighted by Crippen LogP contribution is 2.26. The van der Waals surface area contributed by atoms with Gasteiger partial charge >= 0.3 is 0 Å². The Kier molecular flexibility index (Phi) is 4.02. The van der Waals surface area contributed by atoms with Gasteiger partial charge in [0.2, 0.25) is 11.0 Å². The van der Waals surface area contributed by atoms with Gasteiger partial charge in [0.15, 0.2) is 0 Å². The fraction of sp³-hybridized carbons (Fsp3) is 0.0625. The lowest BCUT2D eigenvalue weighted by atomic mass is 9.90. The highest BCUT2D eigenvalue weighted by Gasteiger charge is 2.23. The van der Waals surface area contributed by atoms with Crippen molar-refractivity contribution in [3.63, 3.8) is 0 Å². The van der Waals surface area contributed by atoms with Crippen molar-refractivity contribution in [1.82, 2.24) is 9.36 Å². The van der Waals surface area contributed by atoms with E-state index in [0.717, 1.165) is 11.1 Å². The summed E-state index contributed by atoms with van der Waals surface area (Å²) >= 11 is 1.17. The third-order valence-electron chi connectivity index (χ3n) is 3.12. The van der Waals surface area contributed by atoms with E-state index in [-0.39, 0.29) is 11.8 Å². The zero-order valence-corrected chi connectivity index (χ0v) is 12.0. The predicted molar refractivity (Wildman–Crippen MR) is 83.3 cm³/mol. The van der Waals surface area contributed by atoms with Crippen LogP contribution in [0.3, 0.4) is 0 Å². The first-order chi connectivity index (χ1) is 10.3. The van der Waals surface area contributed by atoms with Gasteiger partial charge in [-0.15, -0.1) is 0 Å². The number of rotatable bonds is 4. The Hall–Kier alpha value is -2.53. The van der Waals surface area contributed by atoms with Crippen LogP contribution in [0.1, 0.15) is 17.0 Å². The van der Waals surface area contributed by atoms with Crippen molar-refractivity contribution in [2.75, 3.05) is 5.32 Å². The van der Waals surface area contributed by atoms with E-state index >= 15 is 0 Å². The quantitative estimate of drug-likeness (QED) is 0.803. The van der Waals surface area contributed by atoms with Gasteiger partial charge in [-0.3, -0.25) is 10.1 Å². The van der Waals surface area contributed by atoms with E-state index in [1.54, 1.807) is 0 Å². The summed E-state index contributed by atoms with van der Waals surface area (Å²) in [6.45, 7) is 0. The van der Waals surface area contributed by atoms with Gasteiger partial charge in [-0.25, -0.2) is 4.98 Å². The Labute approximate surface area is 126 Å². The summed E-state index contributed by atoms with van der Waals surface area (Å²) in [4.78, 5) is 16.6. The van der Waals surface area contributed by atoms with Crippen molar-refractivity contribution in [3.05, 3.63) is 78.1 Å². The van der Waals surface area contributed by atoms with E-state index in [1.165, 1.54) is 17.9 Å². The molecular formula is C16H13N3OS. The van der Waals surface area contributed by atoms with Gasteiger partial charge in [-0.2, -0.15) is 4.37 Å². The van der Waals surface area contributed by atoms with Crippen molar-refractivity contribution < 1.29 is 4.79 Å². The molecule has 2 aromatic carbocycles. The Bertz CT molecular complexity index is 659. The molecule has 1 N–H and O–H groups in total. The van der Waals surface area contributed by atoms with Crippen LogP contribution in [0.15, 0.2) is 67.0 Å². The zero-order chi connectivity index (χ0) is 14.5. The van der Waals surface area contributed by atoms with Crippen LogP contribution in [0.2, 0.25) is 0 Å². The SMILES string of the molecule is O=C(Nc1ncns1)C(c1ccccc1)c1ccccc1. The van der Waals surface area contributed by atoms with Gasteiger partial charge in [-0.1, -0.05) is 60.7 Å². The van der Waals surface area contributed by atoms with Gasteiger partial charge < -0.3 is 0 Å². The lowest BCUT2D eigenvalue weighted by Crippen LogP contribution is -2.22. The fourth-order valence-electron chi connectivity index (χ4n) is 2.19. The van der Waals surface area contributed by atoms with Gasteiger partial charge in [-0.05, 0) is 11.1 Å². The molecule has 0 aliphatic carbocycles. The average molecular weight is 295 g/mol. The van der Waals surface area contributed by atoms with E-state index in [0.29, 0.717) is 5.13 Å². The smallest absolute Gasteiger partial charge is 0.238 e. The maximum Gasteiger partial charge on any atom is 0.238 e.